The Labute approximate surface area is 162 Å². The predicted molar refractivity (Wildman–Crippen MR) is 96.2 cm³/mol. The summed E-state index contributed by atoms with van der Waals surface area (Å²) in [6, 6.07) is 3.22. The number of hydrogen-bond acceptors (Lipinski definition) is 5. The van der Waals surface area contributed by atoms with E-state index in [4.69, 9.17) is 4.74 Å². The summed E-state index contributed by atoms with van der Waals surface area (Å²) in [4.78, 5) is 38.0. The molecule has 0 saturated carbocycles. The summed E-state index contributed by atoms with van der Waals surface area (Å²) in [6.07, 6.45) is 0.870. The van der Waals surface area contributed by atoms with Crippen molar-refractivity contribution in [1.82, 2.24) is 4.90 Å². The van der Waals surface area contributed by atoms with E-state index < -0.39 is 29.0 Å². The monoisotopic (exact) mass is 397 g/mol. The van der Waals surface area contributed by atoms with Gasteiger partial charge in [-0.15, -0.1) is 0 Å². The molecule has 0 unspecified atom stereocenters. The number of carbonyl (C=O) groups is 3. The number of rotatable bonds is 7. The van der Waals surface area contributed by atoms with Crippen molar-refractivity contribution < 1.29 is 32.6 Å². The van der Waals surface area contributed by atoms with Crippen LogP contribution in [0.3, 0.4) is 0 Å². The second kappa shape index (κ2) is 9.61. The van der Waals surface area contributed by atoms with E-state index in [2.05, 4.69) is 4.74 Å². The van der Waals surface area contributed by atoms with Gasteiger partial charge in [0.25, 0.3) is 0 Å². The number of ether oxygens (including phenoxy) is 2. The highest BCUT2D eigenvalue weighted by molar-refractivity contribution is 5.83. The van der Waals surface area contributed by atoms with Crippen molar-refractivity contribution in [1.29, 1.82) is 0 Å². The fourth-order valence-electron chi connectivity index (χ4n) is 3.51. The number of esters is 2. The summed E-state index contributed by atoms with van der Waals surface area (Å²) >= 11 is 0. The van der Waals surface area contributed by atoms with Crippen molar-refractivity contribution in [2.75, 3.05) is 26.8 Å². The maximum atomic E-state index is 14.2. The number of halogens is 2. The molecule has 0 bridgehead atoms. The molecule has 154 valence electrons. The second-order valence-corrected chi connectivity index (χ2v) is 6.91. The molecule has 1 saturated heterocycles. The largest absolute Gasteiger partial charge is 0.469 e. The first-order valence-electron chi connectivity index (χ1n) is 9.27. The van der Waals surface area contributed by atoms with Gasteiger partial charge in [-0.2, -0.15) is 0 Å². The lowest BCUT2D eigenvalue weighted by Gasteiger charge is -2.41. The molecule has 28 heavy (non-hydrogen) atoms. The highest BCUT2D eigenvalue weighted by atomic mass is 19.1. The first-order valence-corrected chi connectivity index (χ1v) is 9.27. The van der Waals surface area contributed by atoms with Crippen molar-refractivity contribution in [3.05, 3.63) is 35.4 Å². The zero-order valence-electron chi connectivity index (χ0n) is 16.1. The van der Waals surface area contributed by atoms with Gasteiger partial charge >= 0.3 is 11.9 Å². The number of benzene rings is 1. The lowest BCUT2D eigenvalue weighted by molar-refractivity contribution is -0.161. The van der Waals surface area contributed by atoms with Crippen LogP contribution in [0.15, 0.2) is 18.2 Å². The van der Waals surface area contributed by atoms with Crippen LogP contribution < -0.4 is 0 Å². The molecule has 0 N–H and O–H groups in total. The van der Waals surface area contributed by atoms with Crippen LogP contribution in [0.1, 0.15) is 38.2 Å². The van der Waals surface area contributed by atoms with E-state index in [1.54, 1.807) is 6.92 Å². The average Bonchev–Trinajstić information content (AvgIpc) is 2.68. The van der Waals surface area contributed by atoms with Gasteiger partial charge < -0.3 is 14.4 Å². The predicted octanol–water partition coefficient (Wildman–Crippen LogP) is 2.63. The quantitative estimate of drug-likeness (QED) is 0.662. The van der Waals surface area contributed by atoms with Gasteiger partial charge in [0.1, 0.15) is 11.6 Å². The first-order chi connectivity index (χ1) is 13.3. The van der Waals surface area contributed by atoms with Crippen LogP contribution in [0.25, 0.3) is 0 Å². The van der Waals surface area contributed by atoms with Gasteiger partial charge in [0.2, 0.25) is 5.91 Å². The molecule has 1 atom stereocenters. The minimum atomic E-state index is -1.12. The molecule has 1 aromatic carbocycles. The molecule has 2 rings (SSSR count). The van der Waals surface area contributed by atoms with Crippen LogP contribution in [0, 0.1) is 17.0 Å². The van der Waals surface area contributed by atoms with E-state index >= 15 is 0 Å². The lowest BCUT2D eigenvalue weighted by atomic mass is 9.74. The Balaban J connectivity index is 2.22. The topological polar surface area (TPSA) is 72.9 Å². The average molecular weight is 397 g/mol. The van der Waals surface area contributed by atoms with Crippen LogP contribution in [-0.2, 0) is 30.3 Å². The fraction of sp³-hybridized carbons (Fsp3) is 0.550. The molecule has 6 nitrogen and oxygen atoms in total. The summed E-state index contributed by atoms with van der Waals surface area (Å²) in [6.45, 7) is 2.32. The van der Waals surface area contributed by atoms with Crippen molar-refractivity contribution in [2.24, 2.45) is 5.41 Å². The summed E-state index contributed by atoms with van der Waals surface area (Å²) in [5.74, 6) is -2.72. The lowest BCUT2D eigenvalue weighted by Crippen LogP contribution is -2.51. The van der Waals surface area contributed by atoms with Gasteiger partial charge in [-0.3, -0.25) is 14.4 Å². The smallest absolute Gasteiger partial charge is 0.314 e. The molecule has 0 aliphatic carbocycles. The molecule has 1 aromatic rings. The van der Waals surface area contributed by atoms with Gasteiger partial charge in [-0.05, 0) is 37.8 Å². The Morgan fingerprint density at radius 1 is 1.21 bits per heavy atom. The Kier molecular flexibility index (Phi) is 7.48. The third-order valence-electron chi connectivity index (χ3n) is 4.95. The molecule has 1 aliphatic heterocycles. The van der Waals surface area contributed by atoms with Crippen molar-refractivity contribution in [2.45, 2.75) is 39.0 Å². The molecular formula is C20H25F2NO5. The van der Waals surface area contributed by atoms with Gasteiger partial charge in [0, 0.05) is 25.6 Å². The van der Waals surface area contributed by atoms with Crippen molar-refractivity contribution in [3.8, 4) is 0 Å². The summed E-state index contributed by atoms with van der Waals surface area (Å²) in [5.41, 5.74) is -0.924. The van der Waals surface area contributed by atoms with Crippen LogP contribution in [0.5, 0.6) is 0 Å². The number of hydrogen-bond donors (Lipinski definition) is 0. The zero-order valence-corrected chi connectivity index (χ0v) is 16.1. The second-order valence-electron chi connectivity index (χ2n) is 6.91. The maximum absolute atomic E-state index is 14.2. The third-order valence-corrected chi connectivity index (χ3v) is 4.95. The number of nitrogens with zero attached hydrogens (tertiary/aromatic N) is 1. The molecule has 1 heterocycles. The van der Waals surface area contributed by atoms with Crippen molar-refractivity contribution >= 4 is 17.8 Å². The van der Waals surface area contributed by atoms with E-state index in [1.165, 1.54) is 18.1 Å². The Morgan fingerprint density at radius 2 is 1.96 bits per heavy atom. The zero-order chi connectivity index (χ0) is 20.7. The summed E-state index contributed by atoms with van der Waals surface area (Å²) in [7, 11) is 1.25. The SMILES string of the molecule is CCOC(=O)[C@]1(Cc2ccc(F)cc2F)CCCN(C(=O)CCC(=O)OC)C1. The van der Waals surface area contributed by atoms with Crippen LogP contribution in [0.4, 0.5) is 8.78 Å². The van der Waals surface area contributed by atoms with E-state index in [9.17, 15) is 23.2 Å². The number of likely N-dealkylation sites (tertiary alicyclic amines) is 1. The molecule has 8 heteroatoms. The van der Waals surface area contributed by atoms with Gasteiger partial charge in [0.05, 0.1) is 25.6 Å². The van der Waals surface area contributed by atoms with E-state index in [1.807, 2.05) is 0 Å². The highest BCUT2D eigenvalue weighted by Gasteiger charge is 2.45. The van der Waals surface area contributed by atoms with E-state index in [0.29, 0.717) is 19.4 Å². The number of amides is 1. The highest BCUT2D eigenvalue weighted by Crippen LogP contribution is 2.36. The first kappa shape index (κ1) is 21.8. The molecule has 1 aliphatic rings. The van der Waals surface area contributed by atoms with E-state index in [-0.39, 0.29) is 43.9 Å². The van der Waals surface area contributed by atoms with Gasteiger partial charge in [-0.25, -0.2) is 8.78 Å². The standard InChI is InChI=1S/C20H25F2NO5/c1-3-28-19(26)20(12-14-5-6-15(21)11-16(14)22)9-4-10-23(13-20)17(24)7-8-18(25)27-2/h5-6,11H,3-4,7-10,12-13H2,1-2H3/t20-/m0/s1. The van der Waals surface area contributed by atoms with Crippen molar-refractivity contribution in [3.63, 3.8) is 0 Å². The number of carbonyl (C=O) groups excluding carboxylic acids is 3. The molecule has 0 spiro atoms. The molecule has 1 fully saturated rings. The Bertz CT molecular complexity index is 739. The summed E-state index contributed by atoms with van der Waals surface area (Å²) < 4.78 is 37.2. The van der Waals surface area contributed by atoms with E-state index in [0.717, 1.165) is 12.1 Å². The Hall–Kier alpha value is -2.51. The molecule has 0 radical (unpaired) electrons. The van der Waals surface area contributed by atoms with Gasteiger partial charge in [0.15, 0.2) is 0 Å². The van der Waals surface area contributed by atoms with Crippen LogP contribution in [-0.4, -0.2) is 49.6 Å². The normalized spacial score (nSPS) is 19.2. The molecule has 0 aromatic heterocycles. The third kappa shape index (κ3) is 5.27. The van der Waals surface area contributed by atoms with Crippen LogP contribution >= 0.6 is 0 Å². The minimum absolute atomic E-state index is 0.00126. The Morgan fingerprint density at radius 3 is 2.61 bits per heavy atom. The number of methoxy groups -OCH3 is 1. The molecular weight excluding hydrogens is 372 g/mol. The summed E-state index contributed by atoms with van der Waals surface area (Å²) in [5, 5.41) is 0. The minimum Gasteiger partial charge on any atom is -0.469 e. The van der Waals surface area contributed by atoms with Gasteiger partial charge in [-0.1, -0.05) is 6.07 Å². The number of piperidine rings is 1. The van der Waals surface area contributed by atoms with Crippen LogP contribution in [0.2, 0.25) is 0 Å². The maximum Gasteiger partial charge on any atom is 0.314 e. The molecule has 1 amide bonds. The fourth-order valence-corrected chi connectivity index (χ4v) is 3.51.